The van der Waals surface area contributed by atoms with Crippen molar-refractivity contribution in [3.8, 4) is 5.75 Å². The second-order valence-corrected chi connectivity index (χ2v) is 9.12. The van der Waals surface area contributed by atoms with Gasteiger partial charge in [0.1, 0.15) is 24.2 Å². The number of carbonyl (C=O) groups is 3. The third-order valence-corrected chi connectivity index (χ3v) is 6.29. The van der Waals surface area contributed by atoms with E-state index in [-0.39, 0.29) is 24.4 Å². The first-order valence-electron chi connectivity index (χ1n) is 12.6. The zero-order valence-electron chi connectivity index (χ0n) is 22.1. The summed E-state index contributed by atoms with van der Waals surface area (Å²) in [7, 11) is 0. The fourth-order valence-electron chi connectivity index (χ4n) is 4.13. The van der Waals surface area contributed by atoms with Crippen LogP contribution in [0.3, 0.4) is 0 Å². The number of furan rings is 1. The number of hydrogen-bond donors (Lipinski definition) is 1. The third kappa shape index (κ3) is 6.34. The number of ether oxygens (including phenoxy) is 2. The summed E-state index contributed by atoms with van der Waals surface area (Å²) in [5.41, 5.74) is 2.14. The van der Waals surface area contributed by atoms with Crippen molar-refractivity contribution < 1.29 is 28.3 Å². The molecule has 202 valence electrons. The smallest absolute Gasteiger partial charge is 0.409 e. The molecular formula is C27H33N5O6. The standard InChI is InChI=1S/C27H33N5O6/c1-5-36-27(35)31-13-11-30(12-14-31)26(34)20(4)32-16-23(19(3)29-32)28-25(33)24-10-9-22(38-24)17-37-21-8-6-7-18(2)15-21/h6-10,15-16,20H,5,11-14,17H2,1-4H3,(H,28,33). The number of aryl methyl sites for hydroxylation is 2. The van der Waals surface area contributed by atoms with Gasteiger partial charge in [0.05, 0.1) is 18.0 Å². The highest BCUT2D eigenvalue weighted by Crippen LogP contribution is 2.21. The summed E-state index contributed by atoms with van der Waals surface area (Å²) < 4.78 is 18.0. The van der Waals surface area contributed by atoms with E-state index in [4.69, 9.17) is 13.9 Å². The second-order valence-electron chi connectivity index (χ2n) is 9.12. The van der Waals surface area contributed by atoms with E-state index < -0.39 is 11.9 Å². The molecule has 3 aromatic rings. The summed E-state index contributed by atoms with van der Waals surface area (Å²) in [6, 6.07) is 10.4. The molecule has 1 saturated heterocycles. The van der Waals surface area contributed by atoms with Crippen LogP contribution < -0.4 is 10.1 Å². The molecule has 3 amide bonds. The van der Waals surface area contributed by atoms with Crippen LogP contribution in [-0.2, 0) is 16.1 Å². The van der Waals surface area contributed by atoms with E-state index in [0.29, 0.717) is 49.9 Å². The van der Waals surface area contributed by atoms with Crippen LogP contribution >= 0.6 is 0 Å². The minimum atomic E-state index is -0.581. The number of anilines is 1. The summed E-state index contributed by atoms with van der Waals surface area (Å²) >= 11 is 0. The lowest BCUT2D eigenvalue weighted by Gasteiger charge is -2.35. The minimum Gasteiger partial charge on any atom is -0.486 e. The topological polar surface area (TPSA) is 119 Å². The Hall–Kier alpha value is -4.28. The zero-order valence-corrected chi connectivity index (χ0v) is 22.1. The Labute approximate surface area is 221 Å². The predicted molar refractivity (Wildman–Crippen MR) is 139 cm³/mol. The Morgan fingerprint density at radius 1 is 1.08 bits per heavy atom. The van der Waals surface area contributed by atoms with Crippen LogP contribution in [0, 0.1) is 13.8 Å². The van der Waals surface area contributed by atoms with Gasteiger partial charge in [-0.25, -0.2) is 4.79 Å². The number of piperazine rings is 1. The van der Waals surface area contributed by atoms with Crippen LogP contribution in [0.15, 0.2) is 47.0 Å². The van der Waals surface area contributed by atoms with Gasteiger partial charge in [-0.05, 0) is 57.5 Å². The van der Waals surface area contributed by atoms with Gasteiger partial charge in [-0.1, -0.05) is 12.1 Å². The molecule has 1 aromatic carbocycles. The molecule has 4 rings (SSSR count). The Balaban J connectivity index is 1.32. The molecular weight excluding hydrogens is 490 g/mol. The largest absolute Gasteiger partial charge is 0.486 e. The third-order valence-electron chi connectivity index (χ3n) is 6.29. The maximum absolute atomic E-state index is 13.1. The SMILES string of the molecule is CCOC(=O)N1CCN(C(=O)C(C)n2cc(NC(=O)c3ccc(COc4cccc(C)c4)o3)c(C)n2)CC1. The summed E-state index contributed by atoms with van der Waals surface area (Å²) in [6.45, 7) is 9.43. The molecule has 0 saturated carbocycles. The van der Waals surface area contributed by atoms with Crippen molar-refractivity contribution in [3.05, 3.63) is 65.4 Å². The molecule has 1 aliphatic heterocycles. The van der Waals surface area contributed by atoms with Crippen LogP contribution in [0.1, 0.15) is 47.5 Å². The van der Waals surface area contributed by atoms with Gasteiger partial charge in [0.15, 0.2) is 5.76 Å². The van der Waals surface area contributed by atoms with Gasteiger partial charge in [-0.2, -0.15) is 5.10 Å². The first kappa shape index (κ1) is 26.8. The Morgan fingerprint density at radius 3 is 2.53 bits per heavy atom. The van der Waals surface area contributed by atoms with E-state index in [2.05, 4.69) is 10.4 Å². The molecule has 1 N–H and O–H groups in total. The van der Waals surface area contributed by atoms with Crippen LogP contribution in [-0.4, -0.2) is 70.3 Å². The van der Waals surface area contributed by atoms with Crippen molar-refractivity contribution in [2.75, 3.05) is 38.1 Å². The summed E-state index contributed by atoms with van der Waals surface area (Å²) in [5, 5.41) is 7.24. The number of hydrogen-bond acceptors (Lipinski definition) is 7. The summed E-state index contributed by atoms with van der Waals surface area (Å²) in [5.74, 6) is 0.844. The number of nitrogens with zero attached hydrogens (tertiary/aromatic N) is 4. The number of benzene rings is 1. The van der Waals surface area contributed by atoms with Crippen LogP contribution in [0.25, 0.3) is 0 Å². The second kappa shape index (κ2) is 11.8. The van der Waals surface area contributed by atoms with E-state index >= 15 is 0 Å². The molecule has 38 heavy (non-hydrogen) atoms. The lowest BCUT2D eigenvalue weighted by atomic mass is 10.2. The molecule has 2 aromatic heterocycles. The first-order valence-corrected chi connectivity index (χ1v) is 12.6. The minimum absolute atomic E-state index is 0.113. The van der Waals surface area contributed by atoms with Crippen LogP contribution in [0.2, 0.25) is 0 Å². The number of rotatable bonds is 8. The molecule has 1 unspecified atom stereocenters. The van der Waals surface area contributed by atoms with E-state index in [1.54, 1.807) is 48.9 Å². The molecule has 1 fully saturated rings. The van der Waals surface area contributed by atoms with Gasteiger partial charge in [0.2, 0.25) is 5.91 Å². The Morgan fingerprint density at radius 2 is 1.82 bits per heavy atom. The Kier molecular flexibility index (Phi) is 8.35. The fourth-order valence-corrected chi connectivity index (χ4v) is 4.13. The van der Waals surface area contributed by atoms with E-state index in [1.807, 2.05) is 31.2 Å². The number of carbonyl (C=O) groups excluding carboxylic acids is 3. The van der Waals surface area contributed by atoms with Gasteiger partial charge >= 0.3 is 6.09 Å². The van der Waals surface area contributed by atoms with Gasteiger partial charge in [0, 0.05) is 32.4 Å². The molecule has 1 atom stereocenters. The molecule has 0 bridgehead atoms. The lowest BCUT2D eigenvalue weighted by Crippen LogP contribution is -2.52. The van der Waals surface area contributed by atoms with Crippen molar-refractivity contribution in [2.24, 2.45) is 0 Å². The fraction of sp³-hybridized carbons (Fsp3) is 0.407. The van der Waals surface area contributed by atoms with Gasteiger partial charge < -0.3 is 29.0 Å². The molecule has 11 heteroatoms. The highest BCUT2D eigenvalue weighted by atomic mass is 16.6. The molecule has 1 aliphatic rings. The molecule has 11 nitrogen and oxygen atoms in total. The number of nitrogens with one attached hydrogen (secondary N) is 1. The normalized spacial score (nSPS) is 14.2. The average Bonchev–Trinajstić information content (AvgIpc) is 3.54. The average molecular weight is 524 g/mol. The summed E-state index contributed by atoms with van der Waals surface area (Å²) in [6.07, 6.45) is 1.27. The van der Waals surface area contributed by atoms with Gasteiger partial charge in [-0.15, -0.1) is 0 Å². The monoisotopic (exact) mass is 523 g/mol. The first-order chi connectivity index (χ1) is 18.2. The zero-order chi connectivity index (χ0) is 27.2. The molecule has 3 heterocycles. The van der Waals surface area contributed by atoms with E-state index in [0.717, 1.165) is 11.3 Å². The van der Waals surface area contributed by atoms with Gasteiger partial charge in [0.25, 0.3) is 5.91 Å². The van der Waals surface area contributed by atoms with Crippen molar-refractivity contribution in [2.45, 2.75) is 40.3 Å². The number of amides is 3. The van der Waals surface area contributed by atoms with E-state index in [9.17, 15) is 14.4 Å². The van der Waals surface area contributed by atoms with Crippen molar-refractivity contribution in [1.82, 2.24) is 19.6 Å². The Bertz CT molecular complexity index is 1290. The van der Waals surface area contributed by atoms with Crippen LogP contribution in [0.5, 0.6) is 5.75 Å². The highest BCUT2D eigenvalue weighted by molar-refractivity contribution is 6.02. The van der Waals surface area contributed by atoms with Crippen molar-refractivity contribution >= 4 is 23.6 Å². The van der Waals surface area contributed by atoms with Gasteiger partial charge in [-0.3, -0.25) is 14.3 Å². The quantitative estimate of drug-likeness (QED) is 0.477. The maximum Gasteiger partial charge on any atom is 0.409 e. The highest BCUT2D eigenvalue weighted by Gasteiger charge is 2.29. The van der Waals surface area contributed by atoms with E-state index in [1.165, 1.54) is 4.68 Å². The van der Waals surface area contributed by atoms with Crippen LogP contribution in [0.4, 0.5) is 10.5 Å². The summed E-state index contributed by atoms with van der Waals surface area (Å²) in [4.78, 5) is 41.1. The van der Waals surface area contributed by atoms with Crippen molar-refractivity contribution in [3.63, 3.8) is 0 Å². The van der Waals surface area contributed by atoms with Crippen molar-refractivity contribution in [1.29, 1.82) is 0 Å². The lowest BCUT2D eigenvalue weighted by molar-refractivity contribution is -0.136. The molecule has 0 spiro atoms. The molecule has 0 radical (unpaired) electrons. The predicted octanol–water partition coefficient (Wildman–Crippen LogP) is 3.79. The molecule has 0 aliphatic carbocycles. The maximum atomic E-state index is 13.1. The number of aromatic nitrogens is 2.